The van der Waals surface area contributed by atoms with Crippen LogP contribution < -0.4 is 10.6 Å². The molecule has 2 fully saturated rings. The summed E-state index contributed by atoms with van der Waals surface area (Å²) in [6.45, 7) is -0.423. The summed E-state index contributed by atoms with van der Waals surface area (Å²) in [7, 11) is 0. The molecule has 0 radical (unpaired) electrons. The number of amides is 4. The molecule has 0 atom stereocenters. The maximum atomic E-state index is 12.9. The van der Waals surface area contributed by atoms with E-state index in [1.165, 1.54) is 12.1 Å². The summed E-state index contributed by atoms with van der Waals surface area (Å²) in [5.41, 5.74) is 0.0754. The summed E-state index contributed by atoms with van der Waals surface area (Å²) in [4.78, 5) is 51.5. The van der Waals surface area contributed by atoms with Crippen LogP contribution in [0.1, 0.15) is 41.6 Å². The van der Waals surface area contributed by atoms with E-state index in [9.17, 15) is 19.2 Å². The highest BCUT2D eigenvalue weighted by Gasteiger charge is 2.52. The lowest BCUT2D eigenvalue weighted by atomic mass is 9.98. The molecule has 1 saturated heterocycles. The Bertz CT molecular complexity index is 1030. The van der Waals surface area contributed by atoms with Crippen molar-refractivity contribution in [2.24, 2.45) is 0 Å². The van der Waals surface area contributed by atoms with E-state index in [2.05, 4.69) is 10.6 Å². The Morgan fingerprint density at radius 1 is 1.07 bits per heavy atom. The van der Waals surface area contributed by atoms with E-state index in [1.54, 1.807) is 36.4 Å². The average Bonchev–Trinajstić information content (AvgIpc) is 3.30. The van der Waals surface area contributed by atoms with Gasteiger partial charge in [-0.3, -0.25) is 19.3 Å². The minimum absolute atomic E-state index is 0.228. The fourth-order valence-electron chi connectivity index (χ4n) is 4.03. The van der Waals surface area contributed by atoms with E-state index in [1.807, 2.05) is 0 Å². The number of hydrogen-bond acceptors (Lipinski definition) is 4. The molecule has 1 heterocycles. The summed E-state index contributed by atoms with van der Waals surface area (Å²) >= 11 is 6.06. The van der Waals surface area contributed by atoms with E-state index in [4.69, 9.17) is 11.6 Å². The van der Waals surface area contributed by atoms with Crippen molar-refractivity contribution in [2.45, 2.75) is 31.2 Å². The second-order valence-electron chi connectivity index (χ2n) is 7.54. The highest BCUT2D eigenvalue weighted by atomic mass is 35.5. The molecule has 154 valence electrons. The number of benzene rings is 2. The van der Waals surface area contributed by atoms with Gasteiger partial charge in [-0.1, -0.05) is 54.8 Å². The number of anilines is 1. The van der Waals surface area contributed by atoms with Crippen LogP contribution in [0.3, 0.4) is 0 Å². The number of ketones is 1. The van der Waals surface area contributed by atoms with Crippen LogP contribution in [0, 0.1) is 0 Å². The monoisotopic (exact) mass is 425 g/mol. The highest BCUT2D eigenvalue weighted by molar-refractivity contribution is 6.31. The molecule has 4 rings (SSSR count). The summed E-state index contributed by atoms with van der Waals surface area (Å²) < 4.78 is 0. The van der Waals surface area contributed by atoms with Gasteiger partial charge in [-0.05, 0) is 31.0 Å². The first kappa shape index (κ1) is 20.1. The van der Waals surface area contributed by atoms with Crippen LogP contribution >= 0.6 is 11.6 Å². The lowest BCUT2D eigenvalue weighted by molar-refractivity contribution is -0.133. The topological polar surface area (TPSA) is 95.6 Å². The third-order valence-corrected chi connectivity index (χ3v) is 5.78. The largest absolute Gasteiger partial charge is 0.325 e. The fraction of sp³-hybridized carbons (Fsp3) is 0.273. The van der Waals surface area contributed by atoms with Crippen LogP contribution in [-0.4, -0.2) is 40.6 Å². The quantitative estimate of drug-likeness (QED) is 0.567. The first-order valence-electron chi connectivity index (χ1n) is 9.73. The van der Waals surface area contributed by atoms with Gasteiger partial charge in [-0.25, -0.2) is 4.79 Å². The molecule has 0 aromatic heterocycles. The van der Waals surface area contributed by atoms with E-state index >= 15 is 0 Å². The molecule has 1 aliphatic carbocycles. The van der Waals surface area contributed by atoms with Gasteiger partial charge in [0.25, 0.3) is 5.91 Å². The Morgan fingerprint density at radius 2 is 1.77 bits per heavy atom. The van der Waals surface area contributed by atoms with E-state index in [0.29, 0.717) is 23.4 Å². The Hall–Kier alpha value is -3.19. The second-order valence-corrected chi connectivity index (χ2v) is 7.98. The molecule has 1 spiro atoms. The number of carbonyl (C=O) groups is 4. The van der Waals surface area contributed by atoms with Crippen LogP contribution in [0.25, 0.3) is 0 Å². The second kappa shape index (κ2) is 7.91. The van der Waals surface area contributed by atoms with Gasteiger partial charge in [0.15, 0.2) is 5.78 Å². The molecule has 2 N–H and O–H groups in total. The van der Waals surface area contributed by atoms with Gasteiger partial charge in [-0.15, -0.1) is 0 Å². The highest BCUT2D eigenvalue weighted by Crippen LogP contribution is 2.35. The lowest BCUT2D eigenvalue weighted by Crippen LogP contribution is -2.44. The minimum Gasteiger partial charge on any atom is -0.324 e. The standard InChI is InChI=1S/C22H20ClN3O4/c23-15-8-9-17(16(12-15)19(28)14-6-2-1-3-7-14)24-18(27)13-26-20(29)22(25-21(26)30)10-4-5-11-22/h1-3,6-9,12H,4-5,10-11,13H2,(H,24,27)(H,25,30). The Balaban J connectivity index is 1.52. The van der Waals surface area contributed by atoms with Crippen molar-refractivity contribution >= 4 is 40.9 Å². The number of halogens is 1. The smallest absolute Gasteiger partial charge is 0.324 e. The van der Waals surface area contributed by atoms with Gasteiger partial charge < -0.3 is 10.6 Å². The van der Waals surface area contributed by atoms with Gasteiger partial charge >= 0.3 is 6.03 Å². The number of urea groups is 1. The molecule has 2 aliphatic rings. The van der Waals surface area contributed by atoms with Crippen molar-refractivity contribution in [2.75, 3.05) is 11.9 Å². The summed E-state index contributed by atoms with van der Waals surface area (Å²) in [6.07, 6.45) is 2.90. The number of carbonyl (C=O) groups excluding carboxylic acids is 4. The molecule has 2 aromatic carbocycles. The number of hydrogen-bond donors (Lipinski definition) is 2. The van der Waals surface area contributed by atoms with Gasteiger partial charge in [0, 0.05) is 16.1 Å². The Kier molecular flexibility index (Phi) is 5.30. The van der Waals surface area contributed by atoms with Crippen molar-refractivity contribution < 1.29 is 19.2 Å². The Morgan fingerprint density at radius 3 is 2.47 bits per heavy atom. The fourth-order valence-corrected chi connectivity index (χ4v) is 4.20. The van der Waals surface area contributed by atoms with Crippen LogP contribution in [0.15, 0.2) is 48.5 Å². The van der Waals surface area contributed by atoms with E-state index in [0.717, 1.165) is 17.7 Å². The van der Waals surface area contributed by atoms with Gasteiger partial charge in [0.1, 0.15) is 12.1 Å². The molecular formula is C22H20ClN3O4. The lowest BCUT2D eigenvalue weighted by Gasteiger charge is -2.20. The number of rotatable bonds is 5. The van der Waals surface area contributed by atoms with Crippen LogP contribution in [0.4, 0.5) is 10.5 Å². The third-order valence-electron chi connectivity index (χ3n) is 5.54. The predicted molar refractivity (Wildman–Crippen MR) is 111 cm³/mol. The molecule has 1 saturated carbocycles. The van der Waals surface area contributed by atoms with Crippen molar-refractivity contribution in [1.29, 1.82) is 0 Å². The maximum Gasteiger partial charge on any atom is 0.325 e. The summed E-state index contributed by atoms with van der Waals surface area (Å²) in [5, 5.41) is 5.74. The molecule has 2 aromatic rings. The van der Waals surface area contributed by atoms with Crippen LogP contribution in [-0.2, 0) is 9.59 Å². The zero-order chi connectivity index (χ0) is 21.3. The summed E-state index contributed by atoms with van der Waals surface area (Å²) in [5.74, 6) is -1.23. The summed E-state index contributed by atoms with van der Waals surface area (Å²) in [6, 6.07) is 12.6. The number of nitrogens with one attached hydrogen (secondary N) is 2. The molecular weight excluding hydrogens is 406 g/mol. The molecule has 8 heteroatoms. The van der Waals surface area contributed by atoms with Gasteiger partial charge in [0.05, 0.1) is 5.69 Å². The van der Waals surface area contributed by atoms with E-state index < -0.39 is 24.0 Å². The van der Waals surface area contributed by atoms with Crippen molar-refractivity contribution in [3.8, 4) is 0 Å². The molecule has 0 unspecified atom stereocenters. The molecule has 0 bridgehead atoms. The Labute approximate surface area is 178 Å². The average molecular weight is 426 g/mol. The SMILES string of the molecule is O=C(CN1C(=O)NC2(CCCC2)C1=O)Nc1ccc(Cl)cc1C(=O)c1ccccc1. The normalized spacial score (nSPS) is 17.3. The zero-order valence-corrected chi connectivity index (χ0v) is 16.9. The van der Waals surface area contributed by atoms with E-state index in [-0.39, 0.29) is 22.9 Å². The molecule has 1 aliphatic heterocycles. The van der Waals surface area contributed by atoms with Crippen LogP contribution in [0.2, 0.25) is 5.02 Å². The molecule has 4 amide bonds. The molecule has 7 nitrogen and oxygen atoms in total. The number of imide groups is 1. The van der Waals surface area contributed by atoms with Crippen molar-refractivity contribution in [3.63, 3.8) is 0 Å². The predicted octanol–water partition coefficient (Wildman–Crippen LogP) is 3.37. The van der Waals surface area contributed by atoms with Gasteiger partial charge in [0.2, 0.25) is 5.91 Å². The maximum absolute atomic E-state index is 12.9. The zero-order valence-electron chi connectivity index (χ0n) is 16.1. The van der Waals surface area contributed by atoms with Crippen molar-refractivity contribution in [1.82, 2.24) is 10.2 Å². The van der Waals surface area contributed by atoms with Crippen molar-refractivity contribution in [3.05, 3.63) is 64.7 Å². The third kappa shape index (κ3) is 3.68. The minimum atomic E-state index is -0.869. The van der Waals surface area contributed by atoms with Crippen LogP contribution in [0.5, 0.6) is 0 Å². The first-order chi connectivity index (χ1) is 14.4. The number of nitrogens with zero attached hydrogens (tertiary/aromatic N) is 1. The van der Waals surface area contributed by atoms with Gasteiger partial charge in [-0.2, -0.15) is 0 Å². The first-order valence-corrected chi connectivity index (χ1v) is 10.1. The molecule has 30 heavy (non-hydrogen) atoms.